The molecule has 0 aliphatic carbocycles. The van der Waals surface area contributed by atoms with Crippen molar-refractivity contribution in [2.75, 3.05) is 17.7 Å². The summed E-state index contributed by atoms with van der Waals surface area (Å²) in [5.41, 5.74) is 5.64. The van der Waals surface area contributed by atoms with Gasteiger partial charge in [0.05, 0.1) is 0 Å². The van der Waals surface area contributed by atoms with Crippen molar-refractivity contribution in [3.8, 4) is 0 Å². The molecule has 0 saturated heterocycles. The zero-order valence-electron chi connectivity index (χ0n) is 11.6. The number of nitrogens with zero attached hydrogens (tertiary/aromatic N) is 3. The Morgan fingerprint density at radius 1 is 1.28 bits per heavy atom. The fourth-order valence-corrected chi connectivity index (χ4v) is 1.67. The van der Waals surface area contributed by atoms with Gasteiger partial charge in [0.15, 0.2) is 0 Å². The van der Waals surface area contributed by atoms with E-state index < -0.39 is 0 Å². The second-order valence-electron chi connectivity index (χ2n) is 5.36. The molecule has 1 rings (SSSR count). The van der Waals surface area contributed by atoms with Gasteiger partial charge in [0.1, 0.15) is 5.82 Å². The summed E-state index contributed by atoms with van der Waals surface area (Å²) in [5, 5.41) is 12.3. The number of aryl methyl sites for hydroxylation is 1. The van der Waals surface area contributed by atoms with Crippen molar-refractivity contribution in [2.24, 2.45) is 5.41 Å². The minimum Gasteiger partial charge on any atom is -0.396 e. The van der Waals surface area contributed by atoms with Gasteiger partial charge in [-0.15, -0.1) is 0 Å². The molecule has 0 amide bonds. The van der Waals surface area contributed by atoms with Crippen molar-refractivity contribution in [2.45, 2.75) is 46.6 Å². The van der Waals surface area contributed by atoms with Gasteiger partial charge < -0.3 is 16.2 Å². The van der Waals surface area contributed by atoms with Crippen molar-refractivity contribution in [1.29, 1.82) is 0 Å². The third kappa shape index (κ3) is 4.10. The molecule has 0 spiro atoms. The van der Waals surface area contributed by atoms with Gasteiger partial charge in [-0.3, -0.25) is 0 Å². The van der Waals surface area contributed by atoms with E-state index in [1.54, 1.807) is 0 Å². The second-order valence-corrected chi connectivity index (χ2v) is 5.36. The number of aliphatic hydroxyl groups excluding tert-OH is 1. The first kappa shape index (κ1) is 14.6. The Labute approximate surface area is 108 Å². The fraction of sp³-hybridized carbons (Fsp3) is 0.750. The fourth-order valence-electron chi connectivity index (χ4n) is 1.67. The predicted molar refractivity (Wildman–Crippen MR) is 72.2 cm³/mol. The van der Waals surface area contributed by atoms with Crippen molar-refractivity contribution in [3.05, 3.63) is 5.82 Å². The molecule has 1 aromatic heterocycles. The van der Waals surface area contributed by atoms with Crippen LogP contribution in [0.5, 0.6) is 0 Å². The molecule has 102 valence electrons. The number of rotatable bonds is 5. The predicted octanol–water partition coefficient (Wildman–Crippen LogP) is 1.23. The van der Waals surface area contributed by atoms with Crippen LogP contribution in [0.25, 0.3) is 0 Å². The largest absolute Gasteiger partial charge is 0.396 e. The number of aromatic nitrogens is 3. The van der Waals surface area contributed by atoms with Crippen LogP contribution in [0, 0.1) is 5.41 Å². The van der Waals surface area contributed by atoms with Crippen LogP contribution >= 0.6 is 0 Å². The third-order valence-corrected chi connectivity index (χ3v) is 2.78. The Morgan fingerprint density at radius 3 is 2.44 bits per heavy atom. The Morgan fingerprint density at radius 2 is 1.94 bits per heavy atom. The van der Waals surface area contributed by atoms with E-state index in [0.29, 0.717) is 24.6 Å². The van der Waals surface area contributed by atoms with Crippen LogP contribution in [0.15, 0.2) is 0 Å². The lowest BCUT2D eigenvalue weighted by atomic mass is 9.85. The number of aliphatic hydroxyl groups is 1. The molecule has 0 bridgehead atoms. The molecule has 0 fully saturated rings. The Balaban J connectivity index is 2.90. The molecular formula is C12H23N5O. The van der Waals surface area contributed by atoms with Crippen molar-refractivity contribution in [1.82, 2.24) is 15.0 Å². The van der Waals surface area contributed by atoms with Crippen LogP contribution in [-0.4, -0.2) is 32.7 Å². The lowest BCUT2D eigenvalue weighted by Crippen LogP contribution is -2.35. The SMILES string of the molecule is CCc1nc(N)nc(NC(CCO)C(C)(C)C)n1. The van der Waals surface area contributed by atoms with Gasteiger partial charge in [0.25, 0.3) is 0 Å². The Kier molecular flexibility index (Phi) is 4.84. The van der Waals surface area contributed by atoms with Crippen LogP contribution in [0.3, 0.4) is 0 Å². The van der Waals surface area contributed by atoms with E-state index in [0.717, 1.165) is 0 Å². The lowest BCUT2D eigenvalue weighted by Gasteiger charge is -2.31. The average Bonchev–Trinajstić information content (AvgIpc) is 2.26. The highest BCUT2D eigenvalue weighted by atomic mass is 16.3. The molecule has 0 radical (unpaired) electrons. The summed E-state index contributed by atoms with van der Waals surface area (Å²) in [6.45, 7) is 8.40. The van der Waals surface area contributed by atoms with E-state index in [9.17, 15) is 0 Å². The van der Waals surface area contributed by atoms with Crippen LogP contribution in [0.2, 0.25) is 0 Å². The van der Waals surface area contributed by atoms with E-state index in [2.05, 4.69) is 41.0 Å². The van der Waals surface area contributed by atoms with Crippen LogP contribution in [0.1, 0.15) is 39.9 Å². The highest BCUT2D eigenvalue weighted by Gasteiger charge is 2.25. The van der Waals surface area contributed by atoms with Gasteiger partial charge in [-0.1, -0.05) is 27.7 Å². The molecule has 1 unspecified atom stereocenters. The smallest absolute Gasteiger partial charge is 0.227 e. The van der Waals surface area contributed by atoms with Crippen LogP contribution < -0.4 is 11.1 Å². The van der Waals surface area contributed by atoms with Gasteiger partial charge in [-0.05, 0) is 11.8 Å². The van der Waals surface area contributed by atoms with Crippen LogP contribution in [-0.2, 0) is 6.42 Å². The molecule has 1 atom stereocenters. The van der Waals surface area contributed by atoms with Crippen LogP contribution in [0.4, 0.5) is 11.9 Å². The molecule has 0 aliphatic rings. The zero-order chi connectivity index (χ0) is 13.8. The standard InChI is InChI=1S/C12H23N5O/c1-5-9-15-10(13)17-11(16-9)14-8(6-7-18)12(2,3)4/h8,18H,5-7H2,1-4H3,(H3,13,14,15,16,17). The Hall–Kier alpha value is -1.43. The van der Waals surface area contributed by atoms with Gasteiger partial charge in [-0.25, -0.2) is 0 Å². The zero-order valence-corrected chi connectivity index (χ0v) is 11.6. The number of hydrogen-bond donors (Lipinski definition) is 3. The quantitative estimate of drug-likeness (QED) is 0.730. The minimum atomic E-state index is -0.00347. The summed E-state index contributed by atoms with van der Waals surface area (Å²) in [5.74, 6) is 1.37. The van der Waals surface area contributed by atoms with E-state index >= 15 is 0 Å². The van der Waals surface area contributed by atoms with Gasteiger partial charge in [-0.2, -0.15) is 15.0 Å². The van der Waals surface area contributed by atoms with Gasteiger partial charge in [0.2, 0.25) is 11.9 Å². The maximum absolute atomic E-state index is 9.12. The topological polar surface area (TPSA) is 97.0 Å². The summed E-state index contributed by atoms with van der Waals surface area (Å²) in [6, 6.07) is 0.0778. The lowest BCUT2D eigenvalue weighted by molar-refractivity contribution is 0.235. The maximum Gasteiger partial charge on any atom is 0.227 e. The van der Waals surface area contributed by atoms with Gasteiger partial charge >= 0.3 is 0 Å². The number of nitrogens with two attached hydrogens (primary N) is 1. The number of nitrogens with one attached hydrogen (secondary N) is 1. The molecule has 0 aromatic carbocycles. The highest BCUT2D eigenvalue weighted by molar-refractivity contribution is 5.32. The Bertz CT molecular complexity index is 389. The molecule has 6 nitrogen and oxygen atoms in total. The average molecular weight is 253 g/mol. The maximum atomic E-state index is 9.12. The molecule has 0 saturated carbocycles. The summed E-state index contributed by atoms with van der Waals surface area (Å²) < 4.78 is 0. The van der Waals surface area contributed by atoms with Crippen molar-refractivity contribution in [3.63, 3.8) is 0 Å². The monoisotopic (exact) mass is 253 g/mol. The van der Waals surface area contributed by atoms with Crippen molar-refractivity contribution < 1.29 is 5.11 Å². The first-order valence-corrected chi connectivity index (χ1v) is 6.24. The summed E-state index contributed by atoms with van der Waals surface area (Å²) >= 11 is 0. The molecule has 0 aliphatic heterocycles. The molecule has 1 heterocycles. The number of nitrogen functional groups attached to an aromatic ring is 1. The van der Waals surface area contributed by atoms with E-state index in [1.807, 2.05) is 6.92 Å². The van der Waals surface area contributed by atoms with Crippen molar-refractivity contribution >= 4 is 11.9 Å². The van der Waals surface area contributed by atoms with E-state index in [4.69, 9.17) is 10.8 Å². The number of anilines is 2. The highest BCUT2D eigenvalue weighted by Crippen LogP contribution is 2.24. The summed E-state index contributed by atoms with van der Waals surface area (Å²) in [4.78, 5) is 12.4. The molecule has 6 heteroatoms. The summed E-state index contributed by atoms with van der Waals surface area (Å²) in [6.07, 6.45) is 1.35. The molecule has 18 heavy (non-hydrogen) atoms. The minimum absolute atomic E-state index is 0.00347. The molecular weight excluding hydrogens is 230 g/mol. The van der Waals surface area contributed by atoms with E-state index in [1.165, 1.54) is 0 Å². The molecule has 4 N–H and O–H groups in total. The third-order valence-electron chi connectivity index (χ3n) is 2.78. The normalized spacial score (nSPS) is 13.4. The summed E-state index contributed by atoms with van der Waals surface area (Å²) in [7, 11) is 0. The number of hydrogen-bond acceptors (Lipinski definition) is 6. The molecule has 1 aromatic rings. The van der Waals surface area contributed by atoms with Gasteiger partial charge in [0, 0.05) is 19.1 Å². The second kappa shape index (κ2) is 5.95. The first-order valence-electron chi connectivity index (χ1n) is 6.24. The first-order chi connectivity index (χ1) is 8.36. The van der Waals surface area contributed by atoms with E-state index in [-0.39, 0.29) is 24.0 Å².